The van der Waals surface area contributed by atoms with Gasteiger partial charge in [0, 0.05) is 11.0 Å². The van der Waals surface area contributed by atoms with Gasteiger partial charge in [-0.25, -0.2) is 0 Å². The summed E-state index contributed by atoms with van der Waals surface area (Å²) in [6, 6.07) is 5.37. The van der Waals surface area contributed by atoms with Gasteiger partial charge in [0.05, 0.1) is 5.02 Å². The number of nitrogens with one attached hydrogen (secondary N) is 1. The van der Waals surface area contributed by atoms with Gasteiger partial charge in [0.1, 0.15) is 18.5 Å². The highest BCUT2D eigenvalue weighted by Crippen LogP contribution is 2.27. The first kappa shape index (κ1) is 13.8. The van der Waals surface area contributed by atoms with Crippen molar-refractivity contribution >= 4 is 27.5 Å². The lowest BCUT2D eigenvalue weighted by Gasteiger charge is -2.13. The Morgan fingerprint density at radius 3 is 3.00 bits per heavy atom. The largest absolute Gasteiger partial charge is 0.489 e. The summed E-state index contributed by atoms with van der Waals surface area (Å²) in [6.07, 6.45) is -0.532. The van der Waals surface area contributed by atoms with Gasteiger partial charge in [0.2, 0.25) is 0 Å². The van der Waals surface area contributed by atoms with Gasteiger partial charge in [0.15, 0.2) is 0 Å². The highest BCUT2D eigenvalue weighted by atomic mass is 79.9. The van der Waals surface area contributed by atoms with Crippen molar-refractivity contribution in [2.75, 3.05) is 19.7 Å². The topological polar surface area (TPSA) is 41.5 Å². The van der Waals surface area contributed by atoms with E-state index in [9.17, 15) is 5.11 Å². The van der Waals surface area contributed by atoms with Gasteiger partial charge < -0.3 is 15.2 Å². The minimum atomic E-state index is -0.532. The number of hydrogen-bond acceptors (Lipinski definition) is 3. The van der Waals surface area contributed by atoms with Crippen molar-refractivity contribution in [3.05, 3.63) is 27.7 Å². The molecule has 1 aromatic carbocycles. The van der Waals surface area contributed by atoms with Crippen LogP contribution in [0.15, 0.2) is 22.7 Å². The van der Waals surface area contributed by atoms with Crippen molar-refractivity contribution in [3.63, 3.8) is 0 Å². The second-order valence-electron chi connectivity index (χ2n) is 3.35. The molecule has 1 atom stereocenters. The molecule has 0 heterocycles. The van der Waals surface area contributed by atoms with Gasteiger partial charge in [-0.3, -0.25) is 0 Å². The minimum Gasteiger partial charge on any atom is -0.489 e. The number of aliphatic hydroxyl groups excluding tert-OH is 1. The van der Waals surface area contributed by atoms with E-state index in [1.165, 1.54) is 0 Å². The second-order valence-corrected chi connectivity index (χ2v) is 4.67. The maximum absolute atomic E-state index is 9.56. The molecule has 0 aromatic heterocycles. The summed E-state index contributed by atoms with van der Waals surface area (Å²) in [7, 11) is 0. The molecule has 16 heavy (non-hydrogen) atoms. The molecule has 1 rings (SSSR count). The van der Waals surface area contributed by atoms with Gasteiger partial charge in [-0.1, -0.05) is 34.5 Å². The van der Waals surface area contributed by atoms with Crippen molar-refractivity contribution in [1.82, 2.24) is 5.32 Å². The van der Waals surface area contributed by atoms with E-state index in [4.69, 9.17) is 16.3 Å². The summed E-state index contributed by atoms with van der Waals surface area (Å²) in [4.78, 5) is 0. The molecule has 0 saturated carbocycles. The smallest absolute Gasteiger partial charge is 0.139 e. The van der Waals surface area contributed by atoms with Crippen LogP contribution in [-0.4, -0.2) is 30.9 Å². The summed E-state index contributed by atoms with van der Waals surface area (Å²) in [5, 5.41) is 13.1. The molecule has 0 aliphatic heterocycles. The Balaban J connectivity index is 2.44. The highest BCUT2D eigenvalue weighted by molar-refractivity contribution is 9.10. The molecule has 1 aromatic rings. The number of ether oxygens (including phenoxy) is 1. The average Bonchev–Trinajstić information content (AvgIpc) is 2.27. The molecule has 0 fully saturated rings. The maximum Gasteiger partial charge on any atom is 0.139 e. The molecule has 0 radical (unpaired) electrons. The van der Waals surface area contributed by atoms with Crippen LogP contribution in [0.3, 0.4) is 0 Å². The van der Waals surface area contributed by atoms with Crippen LogP contribution in [0.4, 0.5) is 0 Å². The summed E-state index contributed by atoms with van der Waals surface area (Å²) >= 11 is 9.27. The Labute approximate surface area is 109 Å². The van der Waals surface area contributed by atoms with Crippen LogP contribution in [0, 0.1) is 0 Å². The van der Waals surface area contributed by atoms with E-state index < -0.39 is 6.10 Å². The standard InChI is InChI=1S/C11H15BrClNO2/c1-2-14-6-9(15)7-16-11-5-8(12)3-4-10(11)13/h3-5,9,14-15H,2,6-7H2,1H3. The molecule has 3 nitrogen and oxygen atoms in total. The second kappa shape index (κ2) is 7.12. The van der Waals surface area contributed by atoms with E-state index in [1.807, 2.05) is 13.0 Å². The Morgan fingerprint density at radius 2 is 2.31 bits per heavy atom. The molecule has 0 amide bonds. The van der Waals surface area contributed by atoms with Crippen LogP contribution in [0.5, 0.6) is 5.75 Å². The molecule has 90 valence electrons. The van der Waals surface area contributed by atoms with Gasteiger partial charge in [-0.05, 0) is 24.7 Å². The normalized spacial score (nSPS) is 12.5. The quantitative estimate of drug-likeness (QED) is 0.848. The number of benzene rings is 1. The van der Waals surface area contributed by atoms with Crippen molar-refractivity contribution in [1.29, 1.82) is 0 Å². The summed E-state index contributed by atoms with van der Waals surface area (Å²) in [5.74, 6) is 0.576. The van der Waals surface area contributed by atoms with Gasteiger partial charge in [0.25, 0.3) is 0 Å². The summed E-state index contributed by atoms with van der Waals surface area (Å²) in [5.41, 5.74) is 0. The average molecular weight is 309 g/mol. The lowest BCUT2D eigenvalue weighted by Crippen LogP contribution is -2.31. The van der Waals surface area contributed by atoms with E-state index in [1.54, 1.807) is 12.1 Å². The zero-order valence-corrected chi connectivity index (χ0v) is 11.4. The van der Waals surface area contributed by atoms with E-state index in [0.717, 1.165) is 11.0 Å². The predicted octanol–water partition coefficient (Wildman–Crippen LogP) is 2.45. The van der Waals surface area contributed by atoms with E-state index in [-0.39, 0.29) is 6.61 Å². The van der Waals surface area contributed by atoms with E-state index in [2.05, 4.69) is 21.2 Å². The number of halogens is 2. The SMILES string of the molecule is CCNCC(O)COc1cc(Br)ccc1Cl. The Bertz CT molecular complexity index is 336. The fourth-order valence-corrected chi connectivity index (χ4v) is 1.66. The third-order valence-electron chi connectivity index (χ3n) is 1.95. The van der Waals surface area contributed by atoms with Crippen LogP contribution in [0.1, 0.15) is 6.92 Å². The Morgan fingerprint density at radius 1 is 1.56 bits per heavy atom. The van der Waals surface area contributed by atoms with Crippen molar-refractivity contribution < 1.29 is 9.84 Å². The number of aliphatic hydroxyl groups is 1. The first-order chi connectivity index (χ1) is 7.63. The highest BCUT2D eigenvalue weighted by Gasteiger charge is 2.07. The monoisotopic (exact) mass is 307 g/mol. The van der Waals surface area contributed by atoms with Gasteiger partial charge in [-0.2, -0.15) is 0 Å². The lowest BCUT2D eigenvalue weighted by molar-refractivity contribution is 0.107. The van der Waals surface area contributed by atoms with Crippen LogP contribution >= 0.6 is 27.5 Å². The fraction of sp³-hybridized carbons (Fsp3) is 0.455. The third kappa shape index (κ3) is 4.70. The zero-order chi connectivity index (χ0) is 12.0. The molecule has 0 aliphatic carbocycles. The van der Waals surface area contributed by atoms with Crippen LogP contribution < -0.4 is 10.1 Å². The number of rotatable bonds is 6. The first-order valence-electron chi connectivity index (χ1n) is 5.10. The zero-order valence-electron chi connectivity index (χ0n) is 9.04. The minimum absolute atomic E-state index is 0.225. The number of likely N-dealkylation sites (N-methyl/N-ethyl adjacent to an activating group) is 1. The molecule has 0 spiro atoms. The van der Waals surface area contributed by atoms with E-state index in [0.29, 0.717) is 17.3 Å². The molecule has 0 bridgehead atoms. The first-order valence-corrected chi connectivity index (χ1v) is 6.27. The molecular weight excluding hydrogens is 293 g/mol. The molecule has 5 heteroatoms. The lowest BCUT2D eigenvalue weighted by atomic mass is 10.3. The Hall–Kier alpha value is -0.290. The molecule has 1 unspecified atom stereocenters. The Kier molecular flexibility index (Phi) is 6.13. The van der Waals surface area contributed by atoms with Gasteiger partial charge in [-0.15, -0.1) is 0 Å². The molecular formula is C11H15BrClNO2. The summed E-state index contributed by atoms with van der Waals surface area (Å²) in [6.45, 7) is 3.55. The molecule has 0 saturated heterocycles. The van der Waals surface area contributed by atoms with Crippen LogP contribution in [-0.2, 0) is 0 Å². The van der Waals surface area contributed by atoms with E-state index >= 15 is 0 Å². The predicted molar refractivity (Wildman–Crippen MR) is 69.2 cm³/mol. The van der Waals surface area contributed by atoms with Crippen molar-refractivity contribution in [2.45, 2.75) is 13.0 Å². The number of hydrogen-bond donors (Lipinski definition) is 2. The maximum atomic E-state index is 9.56. The van der Waals surface area contributed by atoms with Crippen molar-refractivity contribution in [3.8, 4) is 5.75 Å². The van der Waals surface area contributed by atoms with Gasteiger partial charge >= 0.3 is 0 Å². The molecule has 2 N–H and O–H groups in total. The molecule has 0 aliphatic rings. The van der Waals surface area contributed by atoms with Crippen molar-refractivity contribution in [2.24, 2.45) is 0 Å². The van der Waals surface area contributed by atoms with Crippen LogP contribution in [0.2, 0.25) is 5.02 Å². The van der Waals surface area contributed by atoms with Crippen LogP contribution in [0.25, 0.3) is 0 Å². The third-order valence-corrected chi connectivity index (χ3v) is 2.76. The fourth-order valence-electron chi connectivity index (χ4n) is 1.14. The summed E-state index contributed by atoms with van der Waals surface area (Å²) < 4.78 is 6.32.